The summed E-state index contributed by atoms with van der Waals surface area (Å²) in [6.45, 7) is 8.10. The number of carbonyl (C=O) groups excluding carboxylic acids is 2. The molecule has 0 aliphatic carbocycles. The van der Waals surface area contributed by atoms with Crippen LogP contribution in [-0.2, 0) is 27.7 Å². The number of hydrogen-bond donors (Lipinski definition) is 0. The fraction of sp³-hybridized carbons (Fsp3) is 0.357. The highest BCUT2D eigenvalue weighted by Crippen LogP contribution is 2.41. The molecule has 0 bridgehead atoms. The van der Waals surface area contributed by atoms with E-state index in [0.717, 1.165) is 22.4 Å². The molecule has 39 heavy (non-hydrogen) atoms. The van der Waals surface area contributed by atoms with Gasteiger partial charge in [0, 0.05) is 30.8 Å². The van der Waals surface area contributed by atoms with E-state index in [9.17, 15) is 32.3 Å². The lowest BCUT2D eigenvalue weighted by atomic mass is 9.87. The van der Waals surface area contributed by atoms with Gasteiger partial charge in [0.05, 0.1) is 24.4 Å². The van der Waals surface area contributed by atoms with E-state index in [1.807, 2.05) is 13.8 Å². The molecule has 3 aromatic rings. The van der Waals surface area contributed by atoms with Crippen LogP contribution in [0.3, 0.4) is 0 Å². The number of anilines is 1. The molecule has 0 atom stereocenters. The molecule has 0 N–H and O–H groups in total. The van der Waals surface area contributed by atoms with Crippen molar-refractivity contribution >= 4 is 17.6 Å². The summed E-state index contributed by atoms with van der Waals surface area (Å²) in [6.07, 6.45) is -3.56. The first kappa shape index (κ1) is 27.9. The maximum Gasteiger partial charge on any atom is 0.416 e. The van der Waals surface area contributed by atoms with Crippen molar-refractivity contribution in [3.8, 4) is 5.69 Å². The Labute approximate surface area is 222 Å². The molecule has 1 aliphatic heterocycles. The lowest BCUT2D eigenvalue weighted by molar-refractivity contribution is -0.138. The van der Waals surface area contributed by atoms with Gasteiger partial charge in [0.2, 0.25) is 5.91 Å². The SMILES string of the molecule is CCOC(=O)c1cn(-c2ccc3c(c2)N(C(C)=O)CC3(C)C)c(=O)n(Cc2cccc(C(F)(F)F)c2C)c1=O. The second-order valence-electron chi connectivity index (χ2n) is 10.1. The van der Waals surface area contributed by atoms with Gasteiger partial charge in [-0.2, -0.15) is 13.2 Å². The van der Waals surface area contributed by atoms with E-state index in [1.165, 1.54) is 26.0 Å². The molecule has 206 valence electrons. The summed E-state index contributed by atoms with van der Waals surface area (Å²) in [5, 5.41) is 0. The van der Waals surface area contributed by atoms with Crippen molar-refractivity contribution in [1.82, 2.24) is 9.13 Å². The zero-order valence-corrected chi connectivity index (χ0v) is 22.2. The second-order valence-corrected chi connectivity index (χ2v) is 10.1. The fourth-order valence-corrected chi connectivity index (χ4v) is 4.92. The van der Waals surface area contributed by atoms with E-state index >= 15 is 0 Å². The van der Waals surface area contributed by atoms with Crippen LogP contribution in [0.5, 0.6) is 0 Å². The molecule has 1 aliphatic rings. The lowest BCUT2D eigenvalue weighted by Gasteiger charge is -2.19. The van der Waals surface area contributed by atoms with Crippen LogP contribution in [0.25, 0.3) is 5.69 Å². The zero-order valence-electron chi connectivity index (χ0n) is 22.2. The Morgan fingerprint density at radius 1 is 1.10 bits per heavy atom. The van der Waals surface area contributed by atoms with Crippen molar-refractivity contribution in [1.29, 1.82) is 0 Å². The molecule has 8 nitrogen and oxygen atoms in total. The smallest absolute Gasteiger partial charge is 0.416 e. The largest absolute Gasteiger partial charge is 0.462 e. The maximum absolute atomic E-state index is 13.6. The molecule has 4 rings (SSSR count). The first-order valence-corrected chi connectivity index (χ1v) is 12.3. The molecule has 11 heteroatoms. The van der Waals surface area contributed by atoms with Crippen LogP contribution in [0.4, 0.5) is 18.9 Å². The molecular formula is C28H28F3N3O5. The summed E-state index contributed by atoms with van der Waals surface area (Å²) >= 11 is 0. The van der Waals surface area contributed by atoms with E-state index in [-0.39, 0.29) is 34.7 Å². The van der Waals surface area contributed by atoms with Crippen LogP contribution in [0.15, 0.2) is 52.2 Å². The molecule has 0 saturated heterocycles. The number of rotatable bonds is 5. The van der Waals surface area contributed by atoms with Crippen LogP contribution in [0.1, 0.15) is 60.3 Å². The number of ether oxygens (including phenoxy) is 1. The third-order valence-electron chi connectivity index (χ3n) is 6.96. The Morgan fingerprint density at radius 3 is 2.41 bits per heavy atom. The number of alkyl halides is 3. The normalized spacial score (nSPS) is 14.3. The van der Waals surface area contributed by atoms with Crippen molar-refractivity contribution in [2.75, 3.05) is 18.1 Å². The summed E-state index contributed by atoms with van der Waals surface area (Å²) in [5.41, 5.74) is -1.85. The van der Waals surface area contributed by atoms with Gasteiger partial charge in [0.15, 0.2) is 0 Å². The molecule has 0 unspecified atom stereocenters. The van der Waals surface area contributed by atoms with Crippen LogP contribution >= 0.6 is 0 Å². The van der Waals surface area contributed by atoms with Gasteiger partial charge >= 0.3 is 17.8 Å². The van der Waals surface area contributed by atoms with E-state index in [4.69, 9.17) is 4.74 Å². The third kappa shape index (κ3) is 5.00. The van der Waals surface area contributed by atoms with E-state index in [0.29, 0.717) is 16.8 Å². The summed E-state index contributed by atoms with van der Waals surface area (Å²) in [7, 11) is 0. The predicted molar refractivity (Wildman–Crippen MR) is 139 cm³/mol. The van der Waals surface area contributed by atoms with Gasteiger partial charge in [0.25, 0.3) is 5.56 Å². The van der Waals surface area contributed by atoms with Crippen molar-refractivity contribution in [2.24, 2.45) is 0 Å². The van der Waals surface area contributed by atoms with Crippen LogP contribution < -0.4 is 16.1 Å². The molecule has 2 aromatic carbocycles. The number of amides is 1. The zero-order chi connectivity index (χ0) is 28.9. The minimum Gasteiger partial charge on any atom is -0.462 e. The fourth-order valence-electron chi connectivity index (χ4n) is 4.92. The van der Waals surface area contributed by atoms with Crippen LogP contribution in [0.2, 0.25) is 0 Å². The first-order valence-electron chi connectivity index (χ1n) is 12.3. The minimum absolute atomic E-state index is 0.0361. The van der Waals surface area contributed by atoms with Gasteiger partial charge < -0.3 is 9.64 Å². The summed E-state index contributed by atoms with van der Waals surface area (Å²) in [4.78, 5) is 53.5. The summed E-state index contributed by atoms with van der Waals surface area (Å²) in [6, 6.07) is 8.53. The molecule has 0 fully saturated rings. The molecule has 1 aromatic heterocycles. The lowest BCUT2D eigenvalue weighted by Crippen LogP contribution is -2.42. The van der Waals surface area contributed by atoms with Gasteiger partial charge in [-0.25, -0.2) is 9.59 Å². The minimum atomic E-state index is -4.63. The van der Waals surface area contributed by atoms with Gasteiger partial charge in [0.1, 0.15) is 5.56 Å². The van der Waals surface area contributed by atoms with E-state index < -0.39 is 41.1 Å². The number of benzene rings is 2. The Balaban J connectivity index is 1.94. The summed E-state index contributed by atoms with van der Waals surface area (Å²) < 4.78 is 47.3. The van der Waals surface area contributed by atoms with E-state index in [1.54, 1.807) is 30.0 Å². The Kier molecular flexibility index (Phi) is 7.05. The van der Waals surface area contributed by atoms with Gasteiger partial charge in [-0.05, 0) is 48.7 Å². The average molecular weight is 544 g/mol. The van der Waals surface area contributed by atoms with Crippen molar-refractivity contribution < 1.29 is 27.5 Å². The number of halogens is 3. The topological polar surface area (TPSA) is 90.6 Å². The molecule has 1 amide bonds. The van der Waals surface area contributed by atoms with Crippen molar-refractivity contribution in [2.45, 2.75) is 52.8 Å². The maximum atomic E-state index is 13.6. The second kappa shape index (κ2) is 9.87. The number of esters is 1. The number of aromatic nitrogens is 2. The number of fused-ring (bicyclic) bond motifs is 1. The van der Waals surface area contributed by atoms with E-state index in [2.05, 4.69) is 0 Å². The first-order chi connectivity index (χ1) is 18.2. The standard InChI is InChI=1S/C28H28F3N3O5/c1-6-39-25(37)20-14-32(19-10-11-22-23(12-19)34(17(3)35)15-27(22,4)5)26(38)33(24(20)36)13-18-8-7-9-21(16(18)2)28(29,30)31/h7-12,14H,6,13,15H2,1-5H3. The highest BCUT2D eigenvalue weighted by atomic mass is 19.4. The van der Waals surface area contributed by atoms with Crippen molar-refractivity contribution in [3.05, 3.63) is 91.3 Å². The number of nitrogens with zero attached hydrogens (tertiary/aromatic N) is 3. The average Bonchev–Trinajstić information content (AvgIpc) is 3.12. The van der Waals surface area contributed by atoms with Crippen LogP contribution in [0, 0.1) is 6.92 Å². The Bertz CT molecular complexity index is 1600. The monoisotopic (exact) mass is 543 g/mol. The summed E-state index contributed by atoms with van der Waals surface area (Å²) in [5.74, 6) is -1.16. The van der Waals surface area contributed by atoms with Gasteiger partial charge in [-0.3, -0.25) is 18.7 Å². The highest BCUT2D eigenvalue weighted by Gasteiger charge is 2.37. The van der Waals surface area contributed by atoms with Crippen LogP contribution in [-0.4, -0.2) is 34.2 Å². The highest BCUT2D eigenvalue weighted by molar-refractivity contribution is 5.95. The third-order valence-corrected chi connectivity index (χ3v) is 6.96. The van der Waals surface area contributed by atoms with Crippen molar-refractivity contribution in [3.63, 3.8) is 0 Å². The Hall–Kier alpha value is -4.15. The quantitative estimate of drug-likeness (QED) is 0.450. The van der Waals surface area contributed by atoms with Gasteiger partial charge in [-0.15, -0.1) is 0 Å². The van der Waals surface area contributed by atoms with Gasteiger partial charge in [-0.1, -0.05) is 32.0 Å². The molecule has 0 spiro atoms. The Morgan fingerprint density at radius 2 is 1.79 bits per heavy atom. The molecule has 0 radical (unpaired) electrons. The predicted octanol–water partition coefficient (Wildman–Crippen LogP) is 4.20. The molecule has 0 saturated carbocycles. The molecule has 2 heterocycles. The number of hydrogen-bond acceptors (Lipinski definition) is 5. The molecular weight excluding hydrogens is 515 g/mol. The number of carbonyl (C=O) groups is 2.